The predicted molar refractivity (Wildman–Crippen MR) is 144 cm³/mol. The van der Waals surface area contributed by atoms with Gasteiger partial charge >= 0.3 is 6.18 Å². The maximum atomic E-state index is 12.9. The Labute approximate surface area is 225 Å². The van der Waals surface area contributed by atoms with Crippen LogP contribution in [0, 0.1) is 11.3 Å². The van der Waals surface area contributed by atoms with E-state index in [4.69, 9.17) is 4.74 Å². The molecule has 0 N–H and O–H groups in total. The van der Waals surface area contributed by atoms with Gasteiger partial charge in [-0.3, -0.25) is 4.79 Å². The largest absolute Gasteiger partial charge is 0.457 e. The van der Waals surface area contributed by atoms with E-state index in [9.17, 15) is 23.2 Å². The van der Waals surface area contributed by atoms with E-state index in [1.807, 2.05) is 42.5 Å². The van der Waals surface area contributed by atoms with Crippen LogP contribution >= 0.6 is 15.9 Å². The van der Waals surface area contributed by atoms with Crippen molar-refractivity contribution >= 4 is 32.5 Å². The Morgan fingerprint density at radius 1 is 0.974 bits per heavy atom. The minimum absolute atomic E-state index is 0.158. The van der Waals surface area contributed by atoms with Gasteiger partial charge in [0.05, 0.1) is 16.8 Å². The summed E-state index contributed by atoms with van der Waals surface area (Å²) < 4.78 is 46.4. The Bertz CT molecular complexity index is 1580. The first-order valence-electron chi connectivity index (χ1n) is 12.1. The maximum absolute atomic E-state index is 12.9. The van der Waals surface area contributed by atoms with E-state index in [1.165, 1.54) is 16.7 Å². The van der Waals surface area contributed by atoms with E-state index < -0.39 is 11.7 Å². The lowest BCUT2D eigenvalue weighted by molar-refractivity contribution is -0.137. The van der Waals surface area contributed by atoms with Crippen molar-refractivity contribution < 1.29 is 17.9 Å². The number of aromatic nitrogens is 1. The Balaban J connectivity index is 1.30. The number of hydrogen-bond donors (Lipinski definition) is 0. The number of alkyl halides is 3. The number of aryl methyl sites for hydroxylation is 1. The second-order valence-electron chi connectivity index (χ2n) is 9.32. The molecule has 0 saturated carbocycles. The number of hydrogen-bond acceptors (Lipinski definition) is 4. The highest BCUT2D eigenvalue weighted by Crippen LogP contribution is 2.36. The summed E-state index contributed by atoms with van der Waals surface area (Å²) in [5.74, 6) is 1.17. The van der Waals surface area contributed by atoms with Gasteiger partial charge < -0.3 is 14.2 Å². The molecule has 9 heteroatoms. The highest BCUT2D eigenvalue weighted by molar-refractivity contribution is 9.10. The van der Waals surface area contributed by atoms with Gasteiger partial charge in [-0.2, -0.15) is 18.4 Å². The molecule has 5 rings (SSSR count). The van der Waals surface area contributed by atoms with Crippen LogP contribution in [0.25, 0.3) is 10.9 Å². The van der Waals surface area contributed by atoms with Crippen molar-refractivity contribution in [3.8, 4) is 17.6 Å². The number of nitrogens with zero attached hydrogens (tertiary/aromatic N) is 3. The molecule has 38 heavy (non-hydrogen) atoms. The van der Waals surface area contributed by atoms with Crippen LogP contribution in [0.2, 0.25) is 0 Å². The van der Waals surface area contributed by atoms with Crippen molar-refractivity contribution in [1.29, 1.82) is 5.26 Å². The average molecular weight is 582 g/mol. The third-order valence-electron chi connectivity index (χ3n) is 7.02. The zero-order valence-corrected chi connectivity index (χ0v) is 22.0. The van der Waals surface area contributed by atoms with Gasteiger partial charge in [-0.05, 0) is 78.9 Å². The number of fused-ring (bicyclic) bond motifs is 1. The molecular formula is C29H23BrF3N3O2. The monoisotopic (exact) mass is 581 g/mol. The minimum atomic E-state index is -4.38. The Morgan fingerprint density at radius 3 is 2.16 bits per heavy atom. The summed E-state index contributed by atoms with van der Waals surface area (Å²) in [7, 11) is 1.68. The molecule has 0 atom stereocenters. The summed E-state index contributed by atoms with van der Waals surface area (Å²) in [5.41, 5.74) is 1.73. The van der Waals surface area contributed by atoms with Crippen LogP contribution in [0.4, 0.5) is 18.9 Å². The molecule has 194 valence electrons. The molecule has 0 radical (unpaired) electrons. The van der Waals surface area contributed by atoms with Crippen LogP contribution in [-0.4, -0.2) is 17.7 Å². The second kappa shape index (κ2) is 10.2. The molecular weight excluding hydrogens is 559 g/mol. The fraction of sp³-hybridized carbons (Fsp3) is 0.241. The van der Waals surface area contributed by atoms with E-state index in [1.54, 1.807) is 7.05 Å². The van der Waals surface area contributed by atoms with Crippen molar-refractivity contribution in [2.75, 3.05) is 18.0 Å². The van der Waals surface area contributed by atoms with Gasteiger partial charge in [0.2, 0.25) is 0 Å². The Kier molecular flexibility index (Phi) is 6.93. The number of halogens is 4. The number of ether oxygens (including phenoxy) is 1. The number of rotatable bonds is 4. The number of benzene rings is 3. The summed E-state index contributed by atoms with van der Waals surface area (Å²) in [4.78, 5) is 15.1. The topological polar surface area (TPSA) is 58.3 Å². The molecule has 1 fully saturated rings. The molecule has 0 unspecified atom stereocenters. The number of pyridine rings is 1. The van der Waals surface area contributed by atoms with Gasteiger partial charge in [0.25, 0.3) is 5.56 Å². The summed E-state index contributed by atoms with van der Waals surface area (Å²) in [6.07, 6.45) is -2.69. The second-order valence-corrected chi connectivity index (χ2v) is 10.2. The third-order valence-corrected chi connectivity index (χ3v) is 7.52. The van der Waals surface area contributed by atoms with Gasteiger partial charge in [-0.15, -0.1) is 0 Å². The first kappa shape index (κ1) is 25.9. The molecule has 5 nitrogen and oxygen atoms in total. The van der Waals surface area contributed by atoms with E-state index >= 15 is 0 Å². The molecule has 1 aliphatic heterocycles. The SMILES string of the molecule is Cn1c(=O)c(C#N)c(N2CCC(c3ccc(Oc4ccc(C(F)(F)F)cc4)cc3)CC2)c2ccc(Br)cc21. The quantitative estimate of drug-likeness (QED) is 0.252. The highest BCUT2D eigenvalue weighted by Gasteiger charge is 2.30. The Hall–Kier alpha value is -3.77. The van der Waals surface area contributed by atoms with Crippen LogP contribution in [0.1, 0.15) is 35.4 Å². The van der Waals surface area contributed by atoms with Crippen LogP contribution in [0.5, 0.6) is 11.5 Å². The lowest BCUT2D eigenvalue weighted by Crippen LogP contribution is -2.35. The van der Waals surface area contributed by atoms with Gasteiger partial charge in [0, 0.05) is 30.0 Å². The normalized spacial score (nSPS) is 14.5. The molecule has 1 aromatic heterocycles. The molecule has 0 bridgehead atoms. The van der Waals surface area contributed by atoms with Gasteiger partial charge in [0.15, 0.2) is 0 Å². The molecule has 0 aliphatic carbocycles. The standard InChI is InChI=1S/C29H23BrF3N3O2/c1-35-26-16-21(30)6-11-24(26)27(25(17-34)28(35)37)36-14-12-19(13-15-36)18-2-7-22(8-3-18)38-23-9-4-20(5-10-23)29(31,32)33/h2-11,16,19H,12-15H2,1H3. The third kappa shape index (κ3) is 5.01. The highest BCUT2D eigenvalue weighted by atomic mass is 79.9. The van der Waals surface area contributed by atoms with Gasteiger partial charge in [-0.1, -0.05) is 28.1 Å². The summed E-state index contributed by atoms with van der Waals surface area (Å²) in [5, 5.41) is 10.7. The van der Waals surface area contributed by atoms with Crippen LogP contribution < -0.4 is 15.2 Å². The molecule has 2 heterocycles. The number of nitriles is 1. The molecule has 0 amide bonds. The molecule has 0 spiro atoms. The minimum Gasteiger partial charge on any atom is -0.457 e. The fourth-order valence-corrected chi connectivity index (χ4v) is 5.37. The van der Waals surface area contributed by atoms with E-state index in [0.29, 0.717) is 36.2 Å². The van der Waals surface area contributed by atoms with E-state index in [0.717, 1.165) is 45.9 Å². The predicted octanol–water partition coefficient (Wildman–Crippen LogP) is 7.37. The van der Waals surface area contributed by atoms with Gasteiger partial charge in [0.1, 0.15) is 23.1 Å². The van der Waals surface area contributed by atoms with Crippen molar-refractivity contribution in [3.63, 3.8) is 0 Å². The number of piperidine rings is 1. The average Bonchev–Trinajstić information content (AvgIpc) is 2.91. The zero-order valence-electron chi connectivity index (χ0n) is 20.4. The molecule has 1 aliphatic rings. The van der Waals surface area contributed by atoms with Crippen LogP contribution in [0.3, 0.4) is 0 Å². The lowest BCUT2D eigenvalue weighted by atomic mass is 9.89. The molecule has 3 aromatic carbocycles. The van der Waals surface area contributed by atoms with E-state index in [2.05, 4.69) is 26.9 Å². The first-order valence-corrected chi connectivity index (χ1v) is 12.9. The van der Waals surface area contributed by atoms with Crippen molar-refractivity contribution in [2.45, 2.75) is 24.9 Å². The van der Waals surface area contributed by atoms with E-state index in [-0.39, 0.29) is 11.1 Å². The van der Waals surface area contributed by atoms with Gasteiger partial charge in [-0.25, -0.2) is 0 Å². The summed E-state index contributed by atoms with van der Waals surface area (Å²) >= 11 is 3.47. The first-order chi connectivity index (χ1) is 18.2. The fourth-order valence-electron chi connectivity index (χ4n) is 5.02. The summed E-state index contributed by atoms with van der Waals surface area (Å²) in [6.45, 7) is 1.39. The molecule has 1 saturated heterocycles. The molecule has 4 aromatic rings. The summed E-state index contributed by atoms with van der Waals surface area (Å²) in [6, 6.07) is 20.1. The van der Waals surface area contributed by atoms with Crippen molar-refractivity contribution in [2.24, 2.45) is 7.05 Å². The van der Waals surface area contributed by atoms with Crippen molar-refractivity contribution in [1.82, 2.24) is 4.57 Å². The van der Waals surface area contributed by atoms with Crippen LogP contribution in [0.15, 0.2) is 76.0 Å². The smallest absolute Gasteiger partial charge is 0.416 e. The van der Waals surface area contributed by atoms with Crippen molar-refractivity contribution in [3.05, 3.63) is 98.2 Å². The lowest BCUT2D eigenvalue weighted by Gasteiger charge is -2.35. The number of anilines is 1. The van der Waals surface area contributed by atoms with Crippen LogP contribution in [-0.2, 0) is 13.2 Å². The zero-order chi connectivity index (χ0) is 27.0. The Morgan fingerprint density at radius 2 is 1.58 bits per heavy atom. The maximum Gasteiger partial charge on any atom is 0.416 e.